The molecule has 0 amide bonds. The van der Waals surface area contributed by atoms with E-state index in [1.165, 1.54) is 0 Å². The molecular formula is C8H15ClO4. The molecule has 13 heavy (non-hydrogen) atoms. The van der Waals surface area contributed by atoms with Crippen molar-refractivity contribution < 1.29 is 19.0 Å². The standard InChI is InChI=1S/C8H15ClO4/c1-2-11-3-4-12-5-6-13-7-8(9)10/h2-7H2,1H3. The SMILES string of the molecule is CCOCCOCCOCC(=O)Cl. The first-order valence-electron chi connectivity index (χ1n) is 4.19. The zero-order chi connectivity index (χ0) is 9.94. The molecular weight excluding hydrogens is 196 g/mol. The normalized spacial score (nSPS) is 10.3. The number of hydrogen-bond acceptors (Lipinski definition) is 4. The molecule has 0 radical (unpaired) electrons. The van der Waals surface area contributed by atoms with E-state index in [4.69, 9.17) is 25.8 Å². The number of carbonyl (C=O) groups excluding carboxylic acids is 1. The summed E-state index contributed by atoms with van der Waals surface area (Å²) in [5, 5.41) is -0.491. The number of rotatable bonds is 9. The minimum Gasteiger partial charge on any atom is -0.379 e. The van der Waals surface area contributed by atoms with Gasteiger partial charge in [-0.3, -0.25) is 4.79 Å². The highest BCUT2D eigenvalue weighted by Crippen LogP contribution is 1.84. The molecule has 0 atom stereocenters. The van der Waals surface area contributed by atoms with Crippen LogP contribution in [0.3, 0.4) is 0 Å². The Labute approximate surface area is 83.1 Å². The van der Waals surface area contributed by atoms with Crippen LogP contribution in [0.2, 0.25) is 0 Å². The second-order valence-corrected chi connectivity index (χ2v) is 2.64. The molecule has 5 heteroatoms. The number of halogens is 1. The van der Waals surface area contributed by atoms with Crippen molar-refractivity contribution in [3.63, 3.8) is 0 Å². The molecule has 0 aliphatic carbocycles. The Morgan fingerprint density at radius 3 is 2.15 bits per heavy atom. The molecule has 0 rings (SSSR count). The lowest BCUT2D eigenvalue weighted by atomic mass is 10.7. The van der Waals surface area contributed by atoms with E-state index in [1.54, 1.807) is 0 Å². The third-order valence-electron chi connectivity index (χ3n) is 1.16. The highest BCUT2D eigenvalue weighted by Gasteiger charge is 1.94. The third kappa shape index (κ3) is 11.8. The van der Waals surface area contributed by atoms with E-state index in [0.29, 0.717) is 33.0 Å². The smallest absolute Gasteiger partial charge is 0.247 e. The fourth-order valence-electron chi connectivity index (χ4n) is 0.635. The highest BCUT2D eigenvalue weighted by atomic mass is 35.5. The molecule has 0 bridgehead atoms. The summed E-state index contributed by atoms with van der Waals surface area (Å²) in [7, 11) is 0. The van der Waals surface area contributed by atoms with E-state index in [9.17, 15) is 4.79 Å². The lowest BCUT2D eigenvalue weighted by Crippen LogP contribution is -2.11. The average molecular weight is 211 g/mol. The summed E-state index contributed by atoms with van der Waals surface area (Å²) in [6.45, 7) is 4.53. The Bertz CT molecular complexity index is 129. The van der Waals surface area contributed by atoms with E-state index < -0.39 is 5.24 Å². The van der Waals surface area contributed by atoms with E-state index >= 15 is 0 Å². The van der Waals surface area contributed by atoms with Gasteiger partial charge in [0.25, 0.3) is 0 Å². The molecule has 78 valence electrons. The fraction of sp³-hybridized carbons (Fsp3) is 0.875. The minimum absolute atomic E-state index is 0.0592. The second kappa shape index (κ2) is 9.92. The van der Waals surface area contributed by atoms with Gasteiger partial charge in [0.1, 0.15) is 6.61 Å². The Hall–Kier alpha value is -0.160. The summed E-state index contributed by atoms with van der Waals surface area (Å²) in [6.07, 6.45) is 0. The third-order valence-corrected chi connectivity index (χ3v) is 1.27. The van der Waals surface area contributed by atoms with Crippen molar-refractivity contribution in [3.8, 4) is 0 Å². The largest absolute Gasteiger partial charge is 0.379 e. The van der Waals surface area contributed by atoms with Crippen LogP contribution in [-0.2, 0) is 19.0 Å². The van der Waals surface area contributed by atoms with Gasteiger partial charge in [-0.15, -0.1) is 0 Å². The lowest BCUT2D eigenvalue weighted by Gasteiger charge is -2.03. The molecule has 0 heterocycles. The number of hydrogen-bond donors (Lipinski definition) is 0. The quantitative estimate of drug-likeness (QED) is 0.418. The molecule has 0 saturated carbocycles. The summed E-state index contributed by atoms with van der Waals surface area (Å²) in [5.41, 5.74) is 0. The van der Waals surface area contributed by atoms with Crippen molar-refractivity contribution >= 4 is 16.8 Å². The summed E-state index contributed by atoms with van der Waals surface area (Å²) < 4.78 is 15.0. The van der Waals surface area contributed by atoms with Gasteiger partial charge < -0.3 is 14.2 Å². The fourth-order valence-corrected chi connectivity index (χ4v) is 0.712. The molecule has 0 spiro atoms. The molecule has 0 fully saturated rings. The Kier molecular flexibility index (Phi) is 9.80. The van der Waals surface area contributed by atoms with Crippen molar-refractivity contribution in [2.45, 2.75) is 6.92 Å². The van der Waals surface area contributed by atoms with E-state index in [-0.39, 0.29) is 6.61 Å². The van der Waals surface area contributed by atoms with Gasteiger partial charge in [-0.1, -0.05) is 0 Å². The molecule has 0 saturated heterocycles. The Morgan fingerprint density at radius 2 is 1.62 bits per heavy atom. The van der Waals surface area contributed by atoms with Gasteiger partial charge in [0.05, 0.1) is 26.4 Å². The highest BCUT2D eigenvalue weighted by molar-refractivity contribution is 6.63. The first-order chi connectivity index (χ1) is 6.27. The van der Waals surface area contributed by atoms with Crippen molar-refractivity contribution in [1.29, 1.82) is 0 Å². The number of ether oxygens (including phenoxy) is 3. The summed E-state index contributed by atoms with van der Waals surface area (Å²) in [6, 6.07) is 0. The van der Waals surface area contributed by atoms with Gasteiger partial charge in [0.15, 0.2) is 0 Å². The van der Waals surface area contributed by atoms with Gasteiger partial charge in [-0.05, 0) is 18.5 Å². The molecule has 0 unspecified atom stereocenters. The van der Waals surface area contributed by atoms with E-state index in [2.05, 4.69) is 0 Å². The Morgan fingerprint density at radius 1 is 1.08 bits per heavy atom. The van der Waals surface area contributed by atoms with Crippen LogP contribution in [0.15, 0.2) is 0 Å². The molecule has 4 nitrogen and oxygen atoms in total. The first-order valence-corrected chi connectivity index (χ1v) is 4.56. The molecule has 0 aromatic rings. The predicted molar refractivity (Wildman–Crippen MR) is 49.0 cm³/mol. The first kappa shape index (κ1) is 12.8. The maximum atomic E-state index is 10.2. The van der Waals surface area contributed by atoms with Gasteiger partial charge in [-0.25, -0.2) is 0 Å². The summed E-state index contributed by atoms with van der Waals surface area (Å²) in [5.74, 6) is 0. The van der Waals surface area contributed by atoms with Crippen LogP contribution in [-0.4, -0.2) is 44.9 Å². The van der Waals surface area contributed by atoms with Crippen molar-refractivity contribution in [2.75, 3.05) is 39.6 Å². The van der Waals surface area contributed by atoms with Crippen molar-refractivity contribution in [2.24, 2.45) is 0 Å². The second-order valence-electron chi connectivity index (χ2n) is 2.22. The van der Waals surface area contributed by atoms with Crippen molar-refractivity contribution in [3.05, 3.63) is 0 Å². The Balaban J connectivity index is 2.87. The topological polar surface area (TPSA) is 44.8 Å². The molecule has 0 aliphatic heterocycles. The van der Waals surface area contributed by atoms with Gasteiger partial charge in [0.2, 0.25) is 5.24 Å². The number of carbonyl (C=O) groups is 1. The van der Waals surface area contributed by atoms with Crippen LogP contribution in [0.25, 0.3) is 0 Å². The van der Waals surface area contributed by atoms with Crippen LogP contribution >= 0.6 is 11.6 Å². The molecule has 0 aromatic heterocycles. The van der Waals surface area contributed by atoms with Gasteiger partial charge >= 0.3 is 0 Å². The maximum Gasteiger partial charge on any atom is 0.247 e. The van der Waals surface area contributed by atoms with E-state index in [1.807, 2.05) is 6.92 Å². The van der Waals surface area contributed by atoms with Crippen LogP contribution in [0.5, 0.6) is 0 Å². The molecule has 0 aromatic carbocycles. The maximum absolute atomic E-state index is 10.2. The summed E-state index contributed by atoms with van der Waals surface area (Å²) in [4.78, 5) is 10.2. The van der Waals surface area contributed by atoms with Gasteiger partial charge in [-0.2, -0.15) is 0 Å². The lowest BCUT2D eigenvalue weighted by molar-refractivity contribution is -0.116. The zero-order valence-corrected chi connectivity index (χ0v) is 8.51. The minimum atomic E-state index is -0.491. The predicted octanol–water partition coefficient (Wildman–Crippen LogP) is 0.821. The average Bonchev–Trinajstić information content (AvgIpc) is 2.09. The van der Waals surface area contributed by atoms with Crippen LogP contribution in [0.1, 0.15) is 6.92 Å². The van der Waals surface area contributed by atoms with Crippen LogP contribution in [0, 0.1) is 0 Å². The summed E-state index contributed by atoms with van der Waals surface area (Å²) >= 11 is 5.03. The zero-order valence-electron chi connectivity index (χ0n) is 7.75. The molecule has 0 aliphatic rings. The van der Waals surface area contributed by atoms with Crippen LogP contribution in [0.4, 0.5) is 0 Å². The van der Waals surface area contributed by atoms with Crippen LogP contribution < -0.4 is 0 Å². The monoisotopic (exact) mass is 210 g/mol. The van der Waals surface area contributed by atoms with Gasteiger partial charge in [0, 0.05) is 6.61 Å². The molecule has 0 N–H and O–H groups in total. The van der Waals surface area contributed by atoms with Crippen molar-refractivity contribution in [1.82, 2.24) is 0 Å². The van der Waals surface area contributed by atoms with E-state index in [0.717, 1.165) is 0 Å².